The Balaban J connectivity index is 1.99. The molecular weight excluding hydrogens is 278 g/mol. The maximum absolute atomic E-state index is 3.23. The number of piperidine rings is 1. The van der Waals surface area contributed by atoms with Gasteiger partial charge in [-0.2, -0.15) is 0 Å². The van der Waals surface area contributed by atoms with Crippen LogP contribution in [-0.4, -0.2) is 18.0 Å². The second kappa shape index (κ2) is 9.58. The number of benzene rings is 1. The van der Waals surface area contributed by atoms with E-state index in [1.54, 1.807) is 0 Å². The zero-order valence-electron chi connectivity index (χ0n) is 15.1. The Labute approximate surface area is 142 Å². The van der Waals surface area contributed by atoms with Gasteiger partial charge in [0.05, 0.1) is 0 Å². The topological polar surface area (TPSA) is 3.24 Å². The predicted octanol–water partition coefficient (Wildman–Crippen LogP) is 5.58. The number of likely N-dealkylation sites (tertiary alicyclic amines) is 1. The van der Waals surface area contributed by atoms with Gasteiger partial charge in [0.15, 0.2) is 0 Å². The lowest BCUT2D eigenvalue weighted by atomic mass is 9.90. The first-order valence-corrected chi connectivity index (χ1v) is 9.17. The van der Waals surface area contributed by atoms with Crippen molar-refractivity contribution in [3.05, 3.63) is 47.0 Å². The summed E-state index contributed by atoms with van der Waals surface area (Å²) in [5, 5.41) is 0. The van der Waals surface area contributed by atoms with Crippen LogP contribution in [0.1, 0.15) is 68.2 Å². The largest absolute Gasteiger partial charge is 0.293 e. The summed E-state index contributed by atoms with van der Waals surface area (Å²) in [5.41, 5.74) is 4.39. The molecule has 0 spiro atoms. The van der Waals surface area contributed by atoms with Crippen molar-refractivity contribution in [2.75, 3.05) is 13.1 Å². The van der Waals surface area contributed by atoms with E-state index < -0.39 is 0 Å². The van der Waals surface area contributed by atoms with Gasteiger partial charge in [-0.05, 0) is 62.4 Å². The van der Waals surface area contributed by atoms with Crippen molar-refractivity contribution in [1.82, 2.24) is 4.90 Å². The third-order valence-corrected chi connectivity index (χ3v) is 4.92. The average molecular weight is 309 g/mol. The van der Waals surface area contributed by atoms with Crippen LogP contribution in [0.3, 0.4) is 0 Å². The summed E-state index contributed by atoms with van der Waals surface area (Å²) in [4.78, 5) is 2.62. The van der Waals surface area contributed by atoms with Gasteiger partial charge in [0.2, 0.25) is 0 Å². The lowest BCUT2D eigenvalue weighted by molar-refractivity contribution is 0.165. The molecule has 0 aliphatic carbocycles. The first kappa shape index (κ1) is 17.8. The van der Waals surface area contributed by atoms with E-state index in [1.165, 1.54) is 55.3 Å². The van der Waals surface area contributed by atoms with Gasteiger partial charge >= 0.3 is 0 Å². The number of rotatable bonds is 5. The summed E-state index contributed by atoms with van der Waals surface area (Å²) in [6.07, 6.45) is 11.7. The summed E-state index contributed by atoms with van der Waals surface area (Å²) in [6.45, 7) is 8.91. The Kier molecular flexibility index (Phi) is 7.43. The quantitative estimate of drug-likeness (QED) is 0.507. The van der Waals surface area contributed by atoms with Gasteiger partial charge < -0.3 is 0 Å². The fourth-order valence-electron chi connectivity index (χ4n) is 3.34. The molecule has 0 amide bonds. The van der Waals surface area contributed by atoms with Crippen LogP contribution in [0.15, 0.2) is 30.4 Å². The minimum atomic E-state index is 0.571. The molecule has 0 radical (unpaired) electrons. The molecule has 23 heavy (non-hydrogen) atoms. The van der Waals surface area contributed by atoms with Gasteiger partial charge in [0, 0.05) is 19.0 Å². The van der Waals surface area contributed by atoms with Gasteiger partial charge in [-0.15, -0.1) is 0 Å². The SMILES string of the molecule is CCCCC#C/C=C/CN1CCCCC1c1cccc(C)c1C. The minimum Gasteiger partial charge on any atom is -0.293 e. The van der Waals surface area contributed by atoms with E-state index in [0.29, 0.717) is 6.04 Å². The van der Waals surface area contributed by atoms with Crippen LogP contribution in [-0.2, 0) is 0 Å². The standard InChI is InChI=1S/C22H31N/c1-4-5-6-7-8-9-11-17-23-18-12-10-16-22(23)21-15-13-14-19(2)20(21)3/h9,11,13-15,22H,4-6,10,12,16-18H2,1-3H3/b11-9+. The number of aryl methyl sites for hydroxylation is 1. The van der Waals surface area contributed by atoms with Gasteiger partial charge in [0.25, 0.3) is 0 Å². The number of unbranched alkanes of at least 4 members (excludes halogenated alkanes) is 2. The van der Waals surface area contributed by atoms with E-state index in [4.69, 9.17) is 0 Å². The molecule has 1 aliphatic heterocycles. The van der Waals surface area contributed by atoms with Gasteiger partial charge in [-0.1, -0.05) is 55.9 Å². The maximum atomic E-state index is 3.23. The molecule has 1 unspecified atom stereocenters. The van der Waals surface area contributed by atoms with Crippen LogP contribution in [0.4, 0.5) is 0 Å². The van der Waals surface area contributed by atoms with Crippen LogP contribution in [0, 0.1) is 25.7 Å². The maximum Gasteiger partial charge on any atom is 0.0354 e. The summed E-state index contributed by atoms with van der Waals surface area (Å²) >= 11 is 0. The number of hydrogen-bond acceptors (Lipinski definition) is 1. The smallest absolute Gasteiger partial charge is 0.0354 e. The van der Waals surface area contributed by atoms with Gasteiger partial charge in [-0.25, -0.2) is 0 Å². The highest BCUT2D eigenvalue weighted by Crippen LogP contribution is 2.33. The summed E-state index contributed by atoms with van der Waals surface area (Å²) < 4.78 is 0. The van der Waals surface area contributed by atoms with Crippen molar-refractivity contribution in [3.63, 3.8) is 0 Å². The van der Waals surface area contributed by atoms with Crippen LogP contribution in [0.2, 0.25) is 0 Å². The molecular formula is C22H31N. The van der Waals surface area contributed by atoms with Crippen LogP contribution in [0.25, 0.3) is 0 Å². The number of hydrogen-bond donors (Lipinski definition) is 0. The normalized spacial score (nSPS) is 18.8. The molecule has 1 heteroatoms. The highest BCUT2D eigenvalue weighted by atomic mass is 15.2. The van der Waals surface area contributed by atoms with Gasteiger partial charge in [-0.3, -0.25) is 4.90 Å². The lowest BCUT2D eigenvalue weighted by Crippen LogP contribution is -2.34. The van der Waals surface area contributed by atoms with Crippen molar-refractivity contribution < 1.29 is 0 Å². The summed E-state index contributed by atoms with van der Waals surface area (Å²) in [5.74, 6) is 6.41. The Morgan fingerprint density at radius 1 is 1.26 bits per heavy atom. The highest BCUT2D eigenvalue weighted by molar-refractivity contribution is 5.35. The third kappa shape index (κ3) is 5.26. The molecule has 1 aromatic carbocycles. The highest BCUT2D eigenvalue weighted by Gasteiger charge is 2.24. The first-order chi connectivity index (χ1) is 11.2. The summed E-state index contributed by atoms with van der Waals surface area (Å²) in [7, 11) is 0. The van der Waals surface area contributed by atoms with E-state index in [1.807, 2.05) is 6.08 Å². The number of allylic oxidation sites excluding steroid dienone is 1. The Morgan fingerprint density at radius 2 is 2.13 bits per heavy atom. The van der Waals surface area contributed by atoms with Crippen molar-refractivity contribution >= 4 is 0 Å². The van der Waals surface area contributed by atoms with Crippen LogP contribution < -0.4 is 0 Å². The Hall–Kier alpha value is -1.52. The zero-order valence-corrected chi connectivity index (χ0v) is 15.1. The predicted molar refractivity (Wildman–Crippen MR) is 101 cm³/mol. The molecule has 0 bridgehead atoms. The Morgan fingerprint density at radius 3 is 2.96 bits per heavy atom. The average Bonchev–Trinajstić information content (AvgIpc) is 2.57. The molecule has 1 heterocycles. The molecule has 2 rings (SSSR count). The van der Waals surface area contributed by atoms with Gasteiger partial charge in [0.1, 0.15) is 0 Å². The molecule has 1 atom stereocenters. The van der Waals surface area contributed by atoms with Crippen LogP contribution in [0.5, 0.6) is 0 Å². The second-order valence-corrected chi connectivity index (χ2v) is 6.62. The molecule has 0 aromatic heterocycles. The van der Waals surface area contributed by atoms with E-state index in [9.17, 15) is 0 Å². The summed E-state index contributed by atoms with van der Waals surface area (Å²) in [6, 6.07) is 7.32. The minimum absolute atomic E-state index is 0.571. The lowest BCUT2D eigenvalue weighted by Gasteiger charge is -2.36. The second-order valence-electron chi connectivity index (χ2n) is 6.62. The van der Waals surface area contributed by atoms with E-state index in [2.05, 4.69) is 61.8 Å². The first-order valence-electron chi connectivity index (χ1n) is 9.17. The van der Waals surface area contributed by atoms with Crippen molar-refractivity contribution in [2.45, 2.75) is 65.3 Å². The van der Waals surface area contributed by atoms with Crippen molar-refractivity contribution in [3.8, 4) is 11.8 Å². The van der Waals surface area contributed by atoms with E-state index in [-0.39, 0.29) is 0 Å². The monoisotopic (exact) mass is 309 g/mol. The van der Waals surface area contributed by atoms with E-state index in [0.717, 1.165) is 13.0 Å². The fourth-order valence-corrected chi connectivity index (χ4v) is 3.34. The number of nitrogens with zero attached hydrogens (tertiary/aromatic N) is 1. The zero-order chi connectivity index (χ0) is 16.5. The molecule has 0 saturated carbocycles. The molecule has 124 valence electrons. The Bertz CT molecular complexity index is 573. The van der Waals surface area contributed by atoms with Crippen molar-refractivity contribution in [2.24, 2.45) is 0 Å². The van der Waals surface area contributed by atoms with E-state index >= 15 is 0 Å². The van der Waals surface area contributed by atoms with Crippen LogP contribution >= 0.6 is 0 Å². The molecule has 1 aromatic rings. The molecule has 1 fully saturated rings. The molecule has 0 N–H and O–H groups in total. The van der Waals surface area contributed by atoms with Crippen molar-refractivity contribution in [1.29, 1.82) is 0 Å². The fraction of sp³-hybridized carbons (Fsp3) is 0.545. The molecule has 1 nitrogen and oxygen atoms in total. The molecule has 1 aliphatic rings. The molecule has 1 saturated heterocycles. The third-order valence-electron chi connectivity index (χ3n) is 4.92.